The van der Waals surface area contributed by atoms with E-state index < -0.39 is 0 Å². The summed E-state index contributed by atoms with van der Waals surface area (Å²) in [6.45, 7) is 6.43. The molecule has 0 spiro atoms. The number of halogens is 2. The highest BCUT2D eigenvalue weighted by molar-refractivity contribution is 9.10. The minimum Gasteiger partial charge on any atom is -0.237 e. The van der Waals surface area contributed by atoms with Crippen molar-refractivity contribution in [3.8, 4) is 0 Å². The van der Waals surface area contributed by atoms with Gasteiger partial charge >= 0.3 is 0 Å². The molecule has 0 amide bonds. The molecule has 0 atom stereocenters. The Labute approximate surface area is 105 Å². The highest BCUT2D eigenvalue weighted by Gasteiger charge is 2.10. The molecule has 0 fully saturated rings. The fraction of sp³-hybridized carbons (Fsp3) is 0.636. The first kappa shape index (κ1) is 12.9. The van der Waals surface area contributed by atoms with Gasteiger partial charge in [-0.05, 0) is 28.3 Å². The van der Waals surface area contributed by atoms with E-state index in [-0.39, 0.29) is 0 Å². The maximum atomic E-state index is 6.04. The molecule has 1 rings (SSSR count). The summed E-state index contributed by atoms with van der Waals surface area (Å²) in [5.41, 5.74) is 1.02. The third kappa shape index (κ3) is 3.72. The molecule has 1 heterocycles. The molecular weight excluding hydrogens is 275 g/mol. The van der Waals surface area contributed by atoms with E-state index in [1.165, 1.54) is 0 Å². The van der Waals surface area contributed by atoms with Crippen molar-refractivity contribution in [3.05, 3.63) is 21.1 Å². The molecule has 0 aromatic carbocycles. The summed E-state index contributed by atoms with van der Waals surface area (Å²) in [5.74, 6) is 1.40. The summed E-state index contributed by atoms with van der Waals surface area (Å²) in [4.78, 5) is 8.78. The zero-order valence-corrected chi connectivity index (χ0v) is 11.7. The fourth-order valence-electron chi connectivity index (χ4n) is 1.37. The van der Waals surface area contributed by atoms with Crippen LogP contribution in [0.15, 0.2) is 4.47 Å². The van der Waals surface area contributed by atoms with Crippen LogP contribution in [0.25, 0.3) is 0 Å². The molecule has 0 bridgehead atoms. The van der Waals surface area contributed by atoms with Gasteiger partial charge in [-0.3, -0.25) is 0 Å². The highest BCUT2D eigenvalue weighted by Crippen LogP contribution is 2.24. The number of aryl methyl sites for hydroxylation is 1. The molecule has 0 saturated heterocycles. The summed E-state index contributed by atoms with van der Waals surface area (Å²) in [6, 6.07) is 0. The van der Waals surface area contributed by atoms with Gasteiger partial charge in [0.2, 0.25) is 0 Å². The van der Waals surface area contributed by atoms with Crippen molar-refractivity contribution in [1.82, 2.24) is 9.97 Å². The van der Waals surface area contributed by atoms with Gasteiger partial charge in [0, 0.05) is 6.42 Å². The summed E-state index contributed by atoms with van der Waals surface area (Å²) >= 11 is 9.46. The van der Waals surface area contributed by atoms with Crippen LogP contribution >= 0.6 is 27.5 Å². The van der Waals surface area contributed by atoms with Crippen LogP contribution in [0.2, 0.25) is 5.15 Å². The first-order valence-electron chi connectivity index (χ1n) is 5.25. The molecule has 15 heavy (non-hydrogen) atoms. The molecule has 0 radical (unpaired) electrons. The second kappa shape index (κ2) is 5.80. The van der Waals surface area contributed by atoms with Crippen molar-refractivity contribution in [3.63, 3.8) is 0 Å². The molecular formula is C11H16BrClN2. The van der Waals surface area contributed by atoms with Gasteiger partial charge in [-0.2, -0.15) is 0 Å². The van der Waals surface area contributed by atoms with Gasteiger partial charge in [-0.1, -0.05) is 38.8 Å². The Morgan fingerprint density at radius 2 is 2.00 bits per heavy atom. The van der Waals surface area contributed by atoms with E-state index >= 15 is 0 Å². The predicted molar refractivity (Wildman–Crippen MR) is 67.3 cm³/mol. The Morgan fingerprint density at radius 1 is 1.33 bits per heavy atom. The summed E-state index contributed by atoms with van der Waals surface area (Å²) in [5, 5.41) is 0.532. The van der Waals surface area contributed by atoms with Crippen LogP contribution in [0.1, 0.15) is 38.7 Å². The van der Waals surface area contributed by atoms with Gasteiger partial charge in [0.05, 0.1) is 10.2 Å². The Morgan fingerprint density at radius 3 is 2.53 bits per heavy atom. The molecule has 2 nitrogen and oxygen atoms in total. The largest absolute Gasteiger partial charge is 0.237 e. The van der Waals surface area contributed by atoms with Crippen LogP contribution in [-0.2, 0) is 12.8 Å². The van der Waals surface area contributed by atoms with E-state index in [1.807, 2.05) is 0 Å². The quantitative estimate of drug-likeness (QED) is 0.782. The highest BCUT2D eigenvalue weighted by atomic mass is 79.9. The van der Waals surface area contributed by atoms with Gasteiger partial charge < -0.3 is 0 Å². The van der Waals surface area contributed by atoms with Gasteiger partial charge in [0.25, 0.3) is 0 Å². The predicted octanol–water partition coefficient (Wildman–Crippen LogP) is 4.04. The average Bonchev–Trinajstić information content (AvgIpc) is 2.12. The Hall–Kier alpha value is -0.150. The molecule has 0 unspecified atom stereocenters. The van der Waals surface area contributed by atoms with Gasteiger partial charge in [-0.15, -0.1) is 0 Å². The summed E-state index contributed by atoms with van der Waals surface area (Å²) < 4.78 is 0.846. The van der Waals surface area contributed by atoms with Crippen molar-refractivity contribution in [2.75, 3.05) is 0 Å². The molecule has 0 saturated carbocycles. The molecule has 4 heteroatoms. The third-order valence-electron chi connectivity index (χ3n) is 2.00. The topological polar surface area (TPSA) is 25.8 Å². The van der Waals surface area contributed by atoms with Crippen LogP contribution in [0, 0.1) is 5.92 Å². The molecule has 0 N–H and O–H groups in total. The lowest BCUT2D eigenvalue weighted by atomic mass is 10.1. The van der Waals surface area contributed by atoms with E-state index in [2.05, 4.69) is 46.7 Å². The fourth-order valence-corrected chi connectivity index (χ4v) is 1.95. The Kier molecular flexibility index (Phi) is 5.00. The molecule has 0 aliphatic rings. The summed E-state index contributed by atoms with van der Waals surface area (Å²) in [7, 11) is 0. The van der Waals surface area contributed by atoms with Crippen molar-refractivity contribution >= 4 is 27.5 Å². The van der Waals surface area contributed by atoms with Gasteiger partial charge in [0.1, 0.15) is 11.0 Å². The molecule has 0 aliphatic carbocycles. The molecule has 1 aromatic rings. The zero-order valence-electron chi connectivity index (χ0n) is 9.35. The number of hydrogen-bond donors (Lipinski definition) is 0. The van der Waals surface area contributed by atoms with Gasteiger partial charge in [0.15, 0.2) is 0 Å². The molecule has 84 valence electrons. The van der Waals surface area contributed by atoms with Crippen molar-refractivity contribution < 1.29 is 0 Å². The van der Waals surface area contributed by atoms with Crippen LogP contribution in [0.3, 0.4) is 0 Å². The first-order valence-corrected chi connectivity index (χ1v) is 6.42. The van der Waals surface area contributed by atoms with E-state index in [0.29, 0.717) is 11.1 Å². The van der Waals surface area contributed by atoms with E-state index in [4.69, 9.17) is 11.6 Å². The van der Waals surface area contributed by atoms with E-state index in [0.717, 1.165) is 35.3 Å². The minimum absolute atomic E-state index is 0.532. The number of rotatable bonds is 4. The number of aromatic nitrogens is 2. The monoisotopic (exact) mass is 290 g/mol. The molecule has 1 aromatic heterocycles. The third-order valence-corrected chi connectivity index (χ3v) is 3.34. The maximum Gasteiger partial charge on any atom is 0.147 e. The lowest BCUT2D eigenvalue weighted by molar-refractivity contribution is 0.616. The summed E-state index contributed by atoms with van der Waals surface area (Å²) in [6.07, 6.45) is 2.88. The molecule has 0 aliphatic heterocycles. The Balaban J connectivity index is 3.00. The van der Waals surface area contributed by atoms with E-state index in [1.54, 1.807) is 0 Å². The van der Waals surface area contributed by atoms with Crippen LogP contribution in [-0.4, -0.2) is 9.97 Å². The lowest BCUT2D eigenvalue weighted by Gasteiger charge is -2.08. The first-order chi connectivity index (χ1) is 7.04. The lowest BCUT2D eigenvalue weighted by Crippen LogP contribution is -2.05. The average molecular weight is 292 g/mol. The van der Waals surface area contributed by atoms with Crippen LogP contribution < -0.4 is 0 Å². The second-order valence-electron chi connectivity index (χ2n) is 4.04. The van der Waals surface area contributed by atoms with Gasteiger partial charge in [-0.25, -0.2) is 9.97 Å². The van der Waals surface area contributed by atoms with Crippen LogP contribution in [0.4, 0.5) is 0 Å². The zero-order chi connectivity index (χ0) is 11.4. The maximum absolute atomic E-state index is 6.04. The normalized spacial score (nSPS) is 11.1. The van der Waals surface area contributed by atoms with Crippen molar-refractivity contribution in [2.45, 2.75) is 40.0 Å². The minimum atomic E-state index is 0.532. The van der Waals surface area contributed by atoms with Crippen molar-refractivity contribution in [1.29, 1.82) is 0 Å². The second-order valence-corrected chi connectivity index (χ2v) is 5.19. The number of hydrogen-bond acceptors (Lipinski definition) is 2. The number of nitrogens with zero attached hydrogens (tertiary/aromatic N) is 2. The Bertz CT molecular complexity index is 340. The standard InChI is InChI=1S/C11H16BrClN2/c1-4-5-8-10(12)11(13)15-9(14-8)6-7(2)3/h7H,4-6H2,1-3H3. The van der Waals surface area contributed by atoms with Crippen molar-refractivity contribution in [2.24, 2.45) is 5.92 Å². The smallest absolute Gasteiger partial charge is 0.147 e. The van der Waals surface area contributed by atoms with E-state index in [9.17, 15) is 0 Å². The van der Waals surface area contributed by atoms with Crippen LogP contribution in [0.5, 0.6) is 0 Å². The SMILES string of the molecule is CCCc1nc(CC(C)C)nc(Cl)c1Br.